The fourth-order valence-corrected chi connectivity index (χ4v) is 0.888. The molecule has 3 heteroatoms. The van der Waals surface area contributed by atoms with Crippen molar-refractivity contribution in [3.05, 3.63) is 0 Å². The van der Waals surface area contributed by atoms with Gasteiger partial charge in [-0.05, 0) is 12.8 Å². The first-order chi connectivity index (χ1) is 5.70. The van der Waals surface area contributed by atoms with E-state index < -0.39 is 0 Å². The van der Waals surface area contributed by atoms with Crippen molar-refractivity contribution in [3.63, 3.8) is 0 Å². The third-order valence-corrected chi connectivity index (χ3v) is 1.64. The number of carbonyl (C=O) groups excluding carboxylic acids is 1. The first-order valence-electron chi connectivity index (χ1n) is 4.54. The fourth-order valence-electron chi connectivity index (χ4n) is 0.888. The second-order valence-electron chi connectivity index (χ2n) is 2.84. The summed E-state index contributed by atoms with van der Waals surface area (Å²) in [4.78, 5) is 19.7. The Morgan fingerprint density at radius 1 is 1.42 bits per heavy atom. The first-order valence-corrected chi connectivity index (χ1v) is 4.54. The molecule has 0 aliphatic heterocycles. The van der Waals surface area contributed by atoms with E-state index in [1.807, 2.05) is 6.92 Å². The van der Waals surface area contributed by atoms with Gasteiger partial charge in [0.05, 0.1) is 0 Å². The first kappa shape index (κ1) is 11.4. The molecule has 0 aromatic rings. The van der Waals surface area contributed by atoms with E-state index in [0.717, 1.165) is 25.7 Å². The van der Waals surface area contributed by atoms with E-state index in [2.05, 4.69) is 11.8 Å². The predicted molar refractivity (Wildman–Crippen MR) is 46.5 cm³/mol. The minimum absolute atomic E-state index is 0.0637. The molecule has 3 nitrogen and oxygen atoms in total. The van der Waals surface area contributed by atoms with Crippen LogP contribution in [0.5, 0.6) is 0 Å². The number of unbranched alkanes of at least 4 members (excludes halogenated alkanes) is 1. The Bertz CT molecular complexity index is 123. The maximum absolute atomic E-state index is 10.4. The molecule has 0 spiro atoms. The van der Waals surface area contributed by atoms with Crippen LogP contribution < -0.4 is 0 Å². The van der Waals surface area contributed by atoms with Crippen LogP contribution >= 0.6 is 0 Å². The maximum atomic E-state index is 10.4. The zero-order valence-corrected chi connectivity index (χ0v) is 8.13. The summed E-state index contributed by atoms with van der Waals surface area (Å²) in [6.45, 7) is 5.48. The van der Waals surface area contributed by atoms with Crippen molar-refractivity contribution in [1.82, 2.24) is 0 Å². The average Bonchev–Trinajstić information content (AvgIpc) is 2.05. The molecule has 0 saturated heterocycles. The summed E-state index contributed by atoms with van der Waals surface area (Å²) in [5.41, 5.74) is 0. The van der Waals surface area contributed by atoms with Gasteiger partial charge in [-0.2, -0.15) is 4.89 Å². The summed E-state index contributed by atoms with van der Waals surface area (Å²) in [6, 6.07) is 0. The Kier molecular flexibility index (Phi) is 6.76. The predicted octanol–water partition coefficient (Wildman–Crippen LogP) is 2.45. The van der Waals surface area contributed by atoms with Crippen LogP contribution in [0, 0.1) is 0 Å². The highest BCUT2D eigenvalue weighted by molar-refractivity contribution is 5.65. The van der Waals surface area contributed by atoms with Crippen LogP contribution in [0.15, 0.2) is 0 Å². The van der Waals surface area contributed by atoms with Gasteiger partial charge in [0.1, 0.15) is 6.10 Å². The summed E-state index contributed by atoms with van der Waals surface area (Å²) >= 11 is 0. The molecule has 0 amide bonds. The molecule has 72 valence electrons. The number of hydrogen-bond donors (Lipinski definition) is 0. The van der Waals surface area contributed by atoms with Crippen molar-refractivity contribution < 1.29 is 14.6 Å². The molecule has 0 radical (unpaired) electrons. The van der Waals surface area contributed by atoms with Crippen molar-refractivity contribution in [2.75, 3.05) is 0 Å². The standard InChI is InChI=1S/C9H18O3/c1-4-6-7-9(5-2)12-11-8(3)10/h9H,4-7H2,1-3H3. The zero-order valence-electron chi connectivity index (χ0n) is 8.13. The van der Waals surface area contributed by atoms with E-state index in [9.17, 15) is 4.79 Å². The molecule has 1 unspecified atom stereocenters. The molecule has 0 fully saturated rings. The topological polar surface area (TPSA) is 35.5 Å². The van der Waals surface area contributed by atoms with Crippen molar-refractivity contribution >= 4 is 5.97 Å². The van der Waals surface area contributed by atoms with Gasteiger partial charge in [0.2, 0.25) is 0 Å². The fraction of sp³-hybridized carbons (Fsp3) is 0.889. The third kappa shape index (κ3) is 6.16. The molecule has 0 aromatic carbocycles. The van der Waals surface area contributed by atoms with Gasteiger partial charge >= 0.3 is 5.97 Å². The lowest BCUT2D eigenvalue weighted by molar-refractivity contribution is -0.297. The quantitative estimate of drug-likeness (QED) is 0.458. The van der Waals surface area contributed by atoms with Gasteiger partial charge in [0.15, 0.2) is 0 Å². The van der Waals surface area contributed by atoms with E-state index in [4.69, 9.17) is 4.89 Å². The van der Waals surface area contributed by atoms with Crippen molar-refractivity contribution in [2.24, 2.45) is 0 Å². The van der Waals surface area contributed by atoms with Gasteiger partial charge in [0.25, 0.3) is 0 Å². The summed E-state index contributed by atoms with van der Waals surface area (Å²) in [5, 5.41) is 0. The highest BCUT2D eigenvalue weighted by Crippen LogP contribution is 2.08. The normalized spacial score (nSPS) is 12.6. The minimum atomic E-state index is -0.384. The molecule has 0 aliphatic carbocycles. The highest BCUT2D eigenvalue weighted by Gasteiger charge is 2.08. The van der Waals surface area contributed by atoms with E-state index in [-0.39, 0.29) is 12.1 Å². The summed E-state index contributed by atoms with van der Waals surface area (Å²) < 4.78 is 0. The third-order valence-electron chi connectivity index (χ3n) is 1.64. The van der Waals surface area contributed by atoms with Gasteiger partial charge in [-0.15, -0.1) is 0 Å². The van der Waals surface area contributed by atoms with Crippen LogP contribution in [-0.2, 0) is 14.6 Å². The van der Waals surface area contributed by atoms with Crippen molar-refractivity contribution in [1.29, 1.82) is 0 Å². The van der Waals surface area contributed by atoms with E-state index >= 15 is 0 Å². The van der Waals surface area contributed by atoms with Crippen LogP contribution in [-0.4, -0.2) is 12.1 Å². The average molecular weight is 174 g/mol. The molecule has 0 N–H and O–H groups in total. The van der Waals surface area contributed by atoms with Gasteiger partial charge in [-0.1, -0.05) is 26.7 Å². The molecule has 0 saturated carbocycles. The molecule has 0 heterocycles. The van der Waals surface area contributed by atoms with Crippen molar-refractivity contribution in [2.45, 2.75) is 52.6 Å². The number of rotatable bonds is 6. The Labute approximate surface area is 74.0 Å². The Balaban J connectivity index is 3.45. The zero-order chi connectivity index (χ0) is 9.40. The van der Waals surface area contributed by atoms with Gasteiger partial charge in [0, 0.05) is 6.92 Å². The Morgan fingerprint density at radius 2 is 2.08 bits per heavy atom. The van der Waals surface area contributed by atoms with E-state index in [0.29, 0.717) is 0 Å². The van der Waals surface area contributed by atoms with E-state index in [1.54, 1.807) is 0 Å². The van der Waals surface area contributed by atoms with Crippen LogP contribution in [0.2, 0.25) is 0 Å². The highest BCUT2D eigenvalue weighted by atomic mass is 17.2. The van der Waals surface area contributed by atoms with Crippen LogP contribution in [0.1, 0.15) is 46.5 Å². The summed E-state index contributed by atoms with van der Waals surface area (Å²) in [5.74, 6) is -0.384. The molecule has 0 rings (SSSR count). The van der Waals surface area contributed by atoms with Gasteiger partial charge in [-0.25, -0.2) is 4.79 Å². The van der Waals surface area contributed by atoms with Gasteiger partial charge < -0.3 is 0 Å². The van der Waals surface area contributed by atoms with Crippen molar-refractivity contribution in [3.8, 4) is 0 Å². The Hall–Kier alpha value is -0.570. The second kappa shape index (κ2) is 7.10. The molecular weight excluding hydrogens is 156 g/mol. The SMILES string of the molecule is CCCCC(CC)OOC(C)=O. The molecule has 12 heavy (non-hydrogen) atoms. The van der Waals surface area contributed by atoms with E-state index in [1.165, 1.54) is 6.92 Å². The van der Waals surface area contributed by atoms with Crippen LogP contribution in [0.3, 0.4) is 0 Å². The van der Waals surface area contributed by atoms with Crippen LogP contribution in [0.4, 0.5) is 0 Å². The number of carbonyl (C=O) groups is 1. The monoisotopic (exact) mass is 174 g/mol. The molecule has 0 bridgehead atoms. The summed E-state index contributed by atoms with van der Waals surface area (Å²) in [7, 11) is 0. The molecule has 1 atom stereocenters. The van der Waals surface area contributed by atoms with Crippen LogP contribution in [0.25, 0.3) is 0 Å². The lowest BCUT2D eigenvalue weighted by atomic mass is 10.1. The van der Waals surface area contributed by atoms with Gasteiger partial charge in [-0.3, -0.25) is 4.89 Å². The Morgan fingerprint density at radius 3 is 2.50 bits per heavy atom. The smallest absolute Gasteiger partial charge is 0.298 e. The number of hydrogen-bond acceptors (Lipinski definition) is 3. The summed E-state index contributed by atoms with van der Waals surface area (Å²) in [6.07, 6.45) is 4.15. The molecule has 0 aliphatic rings. The lowest BCUT2D eigenvalue weighted by Crippen LogP contribution is -2.14. The molecule has 0 aromatic heterocycles. The lowest BCUT2D eigenvalue weighted by Gasteiger charge is -2.12. The molecular formula is C9H18O3. The largest absolute Gasteiger partial charge is 0.339 e. The maximum Gasteiger partial charge on any atom is 0.339 e. The minimum Gasteiger partial charge on any atom is -0.298 e. The second-order valence-corrected chi connectivity index (χ2v) is 2.84.